The minimum absolute atomic E-state index is 0.270. The lowest BCUT2D eigenvalue weighted by Crippen LogP contribution is -2.41. The van der Waals surface area contributed by atoms with Crippen LogP contribution in [-0.2, 0) is 0 Å². The number of benzene rings is 1. The van der Waals surface area contributed by atoms with Gasteiger partial charge in [-0.1, -0.05) is 31.2 Å². The molecule has 0 radical (unpaired) electrons. The highest BCUT2D eigenvalue weighted by molar-refractivity contribution is 5.36. The summed E-state index contributed by atoms with van der Waals surface area (Å²) in [5.74, 6) is 1.67. The van der Waals surface area contributed by atoms with Crippen LogP contribution < -0.4 is 0 Å². The van der Waals surface area contributed by atoms with Gasteiger partial charge < -0.3 is 0 Å². The zero-order valence-electron chi connectivity index (χ0n) is 12.8. The van der Waals surface area contributed by atoms with Crippen LogP contribution >= 0.6 is 0 Å². The second-order valence-electron chi connectivity index (χ2n) is 7.58. The fraction of sp³-hybridized carbons (Fsp3) is 0.667. The van der Waals surface area contributed by atoms with Crippen LogP contribution in [0.3, 0.4) is 0 Å². The van der Waals surface area contributed by atoms with E-state index in [1.54, 1.807) is 11.1 Å². The van der Waals surface area contributed by atoms with Crippen LogP contribution in [0.4, 0.5) is 0 Å². The molecule has 1 aliphatic carbocycles. The van der Waals surface area contributed by atoms with E-state index >= 15 is 0 Å². The Bertz CT molecular complexity index is 453. The van der Waals surface area contributed by atoms with Crippen LogP contribution in [0.15, 0.2) is 24.3 Å². The Hall–Kier alpha value is -0.820. The SMILES string of the molecule is C[C@@H]1C[C@H](c2ccccc2C2CC2)N(C(C)(C)C)C1. The molecule has 2 atom stereocenters. The van der Waals surface area contributed by atoms with E-state index in [1.165, 1.54) is 25.8 Å². The zero-order valence-corrected chi connectivity index (χ0v) is 12.8. The van der Waals surface area contributed by atoms with Crippen molar-refractivity contribution in [1.29, 1.82) is 0 Å². The average molecular weight is 257 g/mol. The molecule has 1 aliphatic heterocycles. The minimum Gasteiger partial charge on any atom is -0.291 e. The third-order valence-corrected chi connectivity index (χ3v) is 4.74. The van der Waals surface area contributed by atoms with Crippen molar-refractivity contribution in [3.8, 4) is 0 Å². The van der Waals surface area contributed by atoms with Gasteiger partial charge in [0.2, 0.25) is 0 Å². The second-order valence-corrected chi connectivity index (χ2v) is 7.58. The molecule has 0 bridgehead atoms. The highest BCUT2D eigenvalue weighted by atomic mass is 15.2. The zero-order chi connectivity index (χ0) is 13.6. The molecule has 104 valence electrons. The Morgan fingerprint density at radius 1 is 1.05 bits per heavy atom. The Kier molecular flexibility index (Phi) is 3.21. The molecule has 0 unspecified atom stereocenters. The van der Waals surface area contributed by atoms with Crippen LogP contribution in [0.25, 0.3) is 0 Å². The topological polar surface area (TPSA) is 3.24 Å². The third-order valence-electron chi connectivity index (χ3n) is 4.74. The fourth-order valence-electron chi connectivity index (χ4n) is 3.66. The summed E-state index contributed by atoms with van der Waals surface area (Å²) in [6, 6.07) is 9.83. The van der Waals surface area contributed by atoms with Gasteiger partial charge >= 0.3 is 0 Å². The summed E-state index contributed by atoms with van der Waals surface area (Å²) in [5.41, 5.74) is 3.52. The highest BCUT2D eigenvalue weighted by Crippen LogP contribution is 2.47. The van der Waals surface area contributed by atoms with Gasteiger partial charge in [-0.05, 0) is 63.0 Å². The van der Waals surface area contributed by atoms with Crippen LogP contribution in [-0.4, -0.2) is 17.0 Å². The first-order chi connectivity index (χ1) is 8.97. The molecule has 1 heteroatoms. The van der Waals surface area contributed by atoms with Gasteiger partial charge in [-0.25, -0.2) is 0 Å². The smallest absolute Gasteiger partial charge is 0.0359 e. The van der Waals surface area contributed by atoms with E-state index in [2.05, 4.69) is 56.9 Å². The van der Waals surface area contributed by atoms with Crippen LogP contribution in [0.1, 0.15) is 70.0 Å². The van der Waals surface area contributed by atoms with Gasteiger partial charge in [-0.3, -0.25) is 4.90 Å². The quantitative estimate of drug-likeness (QED) is 0.739. The Balaban J connectivity index is 1.96. The maximum atomic E-state index is 2.72. The predicted molar refractivity (Wildman–Crippen MR) is 81.4 cm³/mol. The molecule has 1 saturated carbocycles. The Labute approximate surface area is 118 Å². The van der Waals surface area contributed by atoms with E-state index < -0.39 is 0 Å². The lowest BCUT2D eigenvalue weighted by atomic mass is 9.92. The van der Waals surface area contributed by atoms with Crippen molar-refractivity contribution in [2.75, 3.05) is 6.54 Å². The lowest BCUT2D eigenvalue weighted by Gasteiger charge is -2.38. The normalized spacial score (nSPS) is 28.8. The molecule has 2 fully saturated rings. The van der Waals surface area contributed by atoms with E-state index in [4.69, 9.17) is 0 Å². The van der Waals surface area contributed by atoms with Gasteiger partial charge in [-0.2, -0.15) is 0 Å². The molecule has 0 N–H and O–H groups in total. The van der Waals surface area contributed by atoms with Gasteiger partial charge in [0.1, 0.15) is 0 Å². The maximum Gasteiger partial charge on any atom is 0.0359 e. The van der Waals surface area contributed by atoms with Crippen molar-refractivity contribution >= 4 is 0 Å². The van der Waals surface area contributed by atoms with Gasteiger partial charge in [0, 0.05) is 18.1 Å². The molecule has 0 spiro atoms. The summed E-state index contributed by atoms with van der Waals surface area (Å²) in [5, 5.41) is 0. The molecular weight excluding hydrogens is 230 g/mol. The summed E-state index contributed by atoms with van der Waals surface area (Å²) >= 11 is 0. The second kappa shape index (κ2) is 4.63. The van der Waals surface area contributed by atoms with Crippen molar-refractivity contribution < 1.29 is 0 Å². The van der Waals surface area contributed by atoms with Gasteiger partial charge in [-0.15, -0.1) is 0 Å². The predicted octanol–water partition coefficient (Wildman–Crippen LogP) is 4.75. The van der Waals surface area contributed by atoms with Gasteiger partial charge in [0.05, 0.1) is 0 Å². The highest BCUT2D eigenvalue weighted by Gasteiger charge is 2.39. The molecule has 1 aromatic rings. The third kappa shape index (κ3) is 2.58. The Morgan fingerprint density at radius 2 is 1.68 bits per heavy atom. The first-order valence-corrected chi connectivity index (χ1v) is 7.82. The van der Waals surface area contributed by atoms with E-state index in [0.29, 0.717) is 6.04 Å². The average Bonchev–Trinajstić information content (AvgIpc) is 3.11. The Morgan fingerprint density at radius 3 is 2.26 bits per heavy atom. The van der Waals surface area contributed by atoms with Crippen molar-refractivity contribution in [2.45, 2.75) is 64.5 Å². The molecule has 19 heavy (non-hydrogen) atoms. The number of nitrogens with zero attached hydrogens (tertiary/aromatic N) is 1. The van der Waals surface area contributed by atoms with E-state index in [9.17, 15) is 0 Å². The molecule has 0 amide bonds. The molecule has 1 nitrogen and oxygen atoms in total. The summed E-state index contributed by atoms with van der Waals surface area (Å²) in [4.78, 5) is 2.72. The van der Waals surface area contributed by atoms with E-state index in [1.807, 2.05) is 0 Å². The van der Waals surface area contributed by atoms with Crippen molar-refractivity contribution in [2.24, 2.45) is 5.92 Å². The van der Waals surface area contributed by atoms with Gasteiger partial charge in [0.25, 0.3) is 0 Å². The first-order valence-electron chi connectivity index (χ1n) is 7.82. The monoisotopic (exact) mass is 257 g/mol. The summed E-state index contributed by atoms with van der Waals surface area (Å²) in [6.45, 7) is 10.7. The summed E-state index contributed by atoms with van der Waals surface area (Å²) in [7, 11) is 0. The van der Waals surface area contributed by atoms with Crippen LogP contribution in [0.5, 0.6) is 0 Å². The molecule has 2 aliphatic rings. The van der Waals surface area contributed by atoms with Crippen LogP contribution in [0, 0.1) is 5.92 Å². The molecule has 1 aromatic carbocycles. The number of hydrogen-bond donors (Lipinski definition) is 0. The molecule has 1 heterocycles. The fourth-order valence-corrected chi connectivity index (χ4v) is 3.66. The first kappa shape index (κ1) is 13.2. The van der Waals surface area contributed by atoms with Crippen molar-refractivity contribution in [1.82, 2.24) is 4.90 Å². The lowest BCUT2D eigenvalue weighted by molar-refractivity contribution is 0.119. The molecule has 0 aromatic heterocycles. The standard InChI is InChI=1S/C18H27N/c1-13-11-17(19(12-13)18(2,3)4)16-8-6-5-7-15(16)14-9-10-14/h5-8,13-14,17H,9-12H2,1-4H3/t13-,17-/m1/s1. The minimum atomic E-state index is 0.270. The van der Waals surface area contributed by atoms with Crippen molar-refractivity contribution in [3.63, 3.8) is 0 Å². The summed E-state index contributed by atoms with van der Waals surface area (Å²) in [6.07, 6.45) is 4.12. The van der Waals surface area contributed by atoms with E-state index in [-0.39, 0.29) is 5.54 Å². The van der Waals surface area contributed by atoms with Crippen molar-refractivity contribution in [3.05, 3.63) is 35.4 Å². The molecule has 1 saturated heterocycles. The number of likely N-dealkylation sites (tertiary alicyclic amines) is 1. The summed E-state index contributed by atoms with van der Waals surface area (Å²) < 4.78 is 0. The van der Waals surface area contributed by atoms with Gasteiger partial charge in [0.15, 0.2) is 0 Å². The number of hydrogen-bond acceptors (Lipinski definition) is 1. The van der Waals surface area contributed by atoms with E-state index in [0.717, 1.165) is 11.8 Å². The maximum absolute atomic E-state index is 2.72. The van der Waals surface area contributed by atoms with Crippen LogP contribution in [0.2, 0.25) is 0 Å². The molecule has 3 rings (SSSR count). The largest absolute Gasteiger partial charge is 0.291 e. The molecular formula is C18H27N. The number of rotatable bonds is 2.